The van der Waals surface area contributed by atoms with Crippen molar-refractivity contribution in [2.45, 2.75) is 25.8 Å². The zero-order chi connectivity index (χ0) is 16.2. The van der Waals surface area contributed by atoms with E-state index in [1.807, 2.05) is 24.3 Å². The summed E-state index contributed by atoms with van der Waals surface area (Å²) in [7, 11) is 0. The van der Waals surface area contributed by atoms with E-state index < -0.39 is 0 Å². The summed E-state index contributed by atoms with van der Waals surface area (Å²) >= 11 is 0. The van der Waals surface area contributed by atoms with Crippen molar-refractivity contribution in [2.75, 3.05) is 30.4 Å². The van der Waals surface area contributed by atoms with Gasteiger partial charge in [-0.2, -0.15) is 0 Å². The van der Waals surface area contributed by atoms with Crippen LogP contribution < -0.4 is 20.1 Å². The second-order valence-electron chi connectivity index (χ2n) is 6.26. The highest BCUT2D eigenvalue weighted by molar-refractivity contribution is 5.50. The Hall–Kier alpha value is -2.50. The highest BCUT2D eigenvalue weighted by Crippen LogP contribution is 2.33. The van der Waals surface area contributed by atoms with Crippen LogP contribution in [0.2, 0.25) is 0 Å². The predicted molar refractivity (Wildman–Crippen MR) is 92.6 cm³/mol. The Labute approximate surface area is 141 Å². The third-order valence-corrected chi connectivity index (χ3v) is 4.25. The minimum absolute atomic E-state index is 0.631. The molecular weight excluding hydrogens is 304 g/mol. The lowest BCUT2D eigenvalue weighted by atomic mass is 10.2. The van der Waals surface area contributed by atoms with Crippen molar-refractivity contribution in [2.24, 2.45) is 5.92 Å². The van der Waals surface area contributed by atoms with E-state index in [1.165, 1.54) is 12.8 Å². The molecule has 0 saturated heterocycles. The van der Waals surface area contributed by atoms with Gasteiger partial charge in [0.05, 0.1) is 13.2 Å². The van der Waals surface area contributed by atoms with E-state index in [9.17, 15) is 0 Å². The van der Waals surface area contributed by atoms with Crippen molar-refractivity contribution in [1.82, 2.24) is 9.97 Å². The molecule has 0 atom stereocenters. The van der Waals surface area contributed by atoms with Crippen LogP contribution in [0.4, 0.5) is 11.6 Å². The molecule has 1 aromatic heterocycles. The molecular formula is C18H22N4O2. The average molecular weight is 326 g/mol. The molecule has 0 radical (unpaired) electrons. The summed E-state index contributed by atoms with van der Waals surface area (Å²) in [5, 5.41) is 6.72. The van der Waals surface area contributed by atoms with Gasteiger partial charge in [-0.05, 0) is 24.8 Å². The van der Waals surface area contributed by atoms with Crippen molar-refractivity contribution in [1.29, 1.82) is 0 Å². The highest BCUT2D eigenvalue weighted by atomic mass is 16.5. The number of ether oxygens (including phenoxy) is 2. The Morgan fingerprint density at radius 2 is 1.88 bits per heavy atom. The molecule has 4 rings (SSSR count). The number of fused-ring (bicyclic) bond motifs is 1. The van der Waals surface area contributed by atoms with Gasteiger partial charge in [-0.1, -0.05) is 12.1 Å². The SMILES string of the molecule is c1cc(CNc2cc(NCC3CC3)ncn2)c2c(c1)OCCCO2. The van der Waals surface area contributed by atoms with Gasteiger partial charge in [0.25, 0.3) is 0 Å². The van der Waals surface area contributed by atoms with Crippen LogP contribution in [0, 0.1) is 5.92 Å². The van der Waals surface area contributed by atoms with Gasteiger partial charge in [-0.3, -0.25) is 0 Å². The Kier molecular flexibility index (Phi) is 4.36. The number of rotatable bonds is 6. The van der Waals surface area contributed by atoms with E-state index in [2.05, 4.69) is 20.6 Å². The molecule has 0 unspecified atom stereocenters. The minimum atomic E-state index is 0.631. The molecule has 24 heavy (non-hydrogen) atoms. The first-order valence-corrected chi connectivity index (χ1v) is 8.56. The number of anilines is 2. The van der Waals surface area contributed by atoms with Gasteiger partial charge in [0.2, 0.25) is 0 Å². The lowest BCUT2D eigenvalue weighted by Gasteiger charge is -2.13. The molecule has 1 aliphatic heterocycles. The molecule has 6 nitrogen and oxygen atoms in total. The van der Waals surface area contributed by atoms with Gasteiger partial charge in [0.15, 0.2) is 11.5 Å². The van der Waals surface area contributed by atoms with Crippen molar-refractivity contribution >= 4 is 11.6 Å². The second-order valence-corrected chi connectivity index (χ2v) is 6.26. The number of hydrogen-bond acceptors (Lipinski definition) is 6. The van der Waals surface area contributed by atoms with Gasteiger partial charge < -0.3 is 20.1 Å². The summed E-state index contributed by atoms with van der Waals surface area (Å²) in [4.78, 5) is 8.56. The Bertz CT molecular complexity index is 703. The van der Waals surface area contributed by atoms with E-state index >= 15 is 0 Å². The topological polar surface area (TPSA) is 68.3 Å². The summed E-state index contributed by atoms with van der Waals surface area (Å²) in [5.74, 6) is 4.14. The normalized spacial score (nSPS) is 16.3. The van der Waals surface area contributed by atoms with Crippen LogP contribution in [0.1, 0.15) is 24.8 Å². The summed E-state index contributed by atoms with van der Waals surface area (Å²) in [6.07, 6.45) is 5.14. The van der Waals surface area contributed by atoms with Crippen LogP contribution in [0.5, 0.6) is 11.5 Å². The summed E-state index contributed by atoms with van der Waals surface area (Å²) in [6.45, 7) is 3.01. The van der Waals surface area contributed by atoms with E-state index in [0.29, 0.717) is 19.8 Å². The number of nitrogens with one attached hydrogen (secondary N) is 2. The maximum atomic E-state index is 5.85. The number of nitrogens with zero attached hydrogens (tertiary/aromatic N) is 2. The maximum Gasteiger partial charge on any atom is 0.166 e. The van der Waals surface area contributed by atoms with Crippen molar-refractivity contribution in [3.05, 3.63) is 36.2 Å². The third kappa shape index (κ3) is 3.69. The van der Waals surface area contributed by atoms with Crippen LogP contribution in [-0.4, -0.2) is 29.7 Å². The van der Waals surface area contributed by atoms with E-state index in [0.717, 1.165) is 47.6 Å². The van der Waals surface area contributed by atoms with Gasteiger partial charge in [0.1, 0.15) is 18.0 Å². The summed E-state index contributed by atoms with van der Waals surface area (Å²) < 4.78 is 11.6. The largest absolute Gasteiger partial charge is 0.490 e. The molecule has 1 aromatic carbocycles. The molecule has 1 fully saturated rings. The number of aromatic nitrogens is 2. The van der Waals surface area contributed by atoms with Crippen LogP contribution in [-0.2, 0) is 6.54 Å². The molecule has 1 aliphatic carbocycles. The lowest BCUT2D eigenvalue weighted by Crippen LogP contribution is -2.08. The number of para-hydroxylation sites is 1. The van der Waals surface area contributed by atoms with Gasteiger partial charge in [-0.25, -0.2) is 9.97 Å². The fourth-order valence-corrected chi connectivity index (χ4v) is 2.70. The second kappa shape index (κ2) is 6.95. The third-order valence-electron chi connectivity index (χ3n) is 4.25. The summed E-state index contributed by atoms with van der Waals surface area (Å²) in [5.41, 5.74) is 1.07. The fraction of sp³-hybridized carbons (Fsp3) is 0.444. The Morgan fingerprint density at radius 3 is 2.75 bits per heavy atom. The van der Waals surface area contributed by atoms with Gasteiger partial charge in [0, 0.05) is 31.1 Å². The van der Waals surface area contributed by atoms with E-state index in [1.54, 1.807) is 6.33 Å². The minimum Gasteiger partial charge on any atom is -0.490 e. The van der Waals surface area contributed by atoms with Crippen molar-refractivity contribution < 1.29 is 9.47 Å². The first-order chi connectivity index (χ1) is 11.9. The standard InChI is InChI=1S/C18H22N4O2/c1-3-14(18-15(4-1)23-7-2-8-24-18)11-20-17-9-16(21-12-22-17)19-10-13-5-6-13/h1,3-4,9,12-13H,2,5-8,10-11H2,(H2,19,20,21,22). The van der Waals surface area contributed by atoms with E-state index in [4.69, 9.17) is 9.47 Å². The molecule has 0 amide bonds. The Morgan fingerprint density at radius 1 is 1.04 bits per heavy atom. The molecule has 0 bridgehead atoms. The molecule has 2 aliphatic rings. The van der Waals surface area contributed by atoms with Crippen LogP contribution >= 0.6 is 0 Å². The molecule has 126 valence electrons. The van der Waals surface area contributed by atoms with Gasteiger partial charge in [-0.15, -0.1) is 0 Å². The molecule has 0 spiro atoms. The molecule has 1 saturated carbocycles. The highest BCUT2D eigenvalue weighted by Gasteiger charge is 2.20. The summed E-state index contributed by atoms with van der Waals surface area (Å²) in [6, 6.07) is 7.94. The first-order valence-electron chi connectivity index (χ1n) is 8.56. The number of hydrogen-bond donors (Lipinski definition) is 2. The smallest absolute Gasteiger partial charge is 0.166 e. The molecule has 2 aromatic rings. The maximum absolute atomic E-state index is 5.85. The first kappa shape index (κ1) is 15.1. The average Bonchev–Trinajstić information content (AvgIpc) is 3.45. The van der Waals surface area contributed by atoms with Crippen molar-refractivity contribution in [3.8, 4) is 11.5 Å². The van der Waals surface area contributed by atoms with E-state index in [-0.39, 0.29) is 0 Å². The zero-order valence-electron chi connectivity index (χ0n) is 13.6. The van der Waals surface area contributed by atoms with Crippen LogP contribution in [0.3, 0.4) is 0 Å². The predicted octanol–water partition coefficient (Wildman–Crippen LogP) is 3.07. The van der Waals surface area contributed by atoms with Crippen LogP contribution in [0.25, 0.3) is 0 Å². The quantitative estimate of drug-likeness (QED) is 0.850. The fourth-order valence-electron chi connectivity index (χ4n) is 2.70. The zero-order valence-corrected chi connectivity index (χ0v) is 13.6. The number of benzene rings is 1. The monoisotopic (exact) mass is 326 g/mol. The molecule has 6 heteroatoms. The lowest BCUT2D eigenvalue weighted by molar-refractivity contribution is 0.296. The Balaban J connectivity index is 1.42. The molecule has 2 heterocycles. The molecule has 2 N–H and O–H groups in total. The van der Waals surface area contributed by atoms with Gasteiger partial charge >= 0.3 is 0 Å². The van der Waals surface area contributed by atoms with Crippen LogP contribution in [0.15, 0.2) is 30.6 Å². The van der Waals surface area contributed by atoms with Crippen molar-refractivity contribution in [3.63, 3.8) is 0 Å².